The molecule has 2 aromatic carbocycles. The van der Waals surface area contributed by atoms with Gasteiger partial charge in [0.25, 0.3) is 11.8 Å². The molecule has 162 valence electrons. The molecule has 0 atom stereocenters. The van der Waals surface area contributed by atoms with Gasteiger partial charge in [-0.3, -0.25) is 9.59 Å². The van der Waals surface area contributed by atoms with Gasteiger partial charge in [-0.1, -0.05) is 6.07 Å². The molecule has 6 nitrogen and oxygen atoms in total. The third kappa shape index (κ3) is 4.70. The molecule has 2 amide bonds. The Morgan fingerprint density at radius 3 is 2.52 bits per heavy atom. The van der Waals surface area contributed by atoms with E-state index in [0.717, 1.165) is 23.1 Å². The summed E-state index contributed by atoms with van der Waals surface area (Å²) in [6, 6.07) is 8.64. The summed E-state index contributed by atoms with van der Waals surface area (Å²) in [7, 11) is 0. The topological polar surface area (TPSA) is 93.4 Å². The monoisotopic (exact) mass is 431 g/mol. The van der Waals surface area contributed by atoms with Crippen molar-refractivity contribution in [2.75, 3.05) is 18.4 Å². The van der Waals surface area contributed by atoms with Crippen molar-refractivity contribution in [3.05, 3.63) is 64.5 Å². The number of rotatable bonds is 4. The summed E-state index contributed by atoms with van der Waals surface area (Å²) in [5.41, 5.74) is -0.718. The number of benzene rings is 2. The number of likely N-dealkylation sites (tertiary alicyclic amines) is 1. The first-order chi connectivity index (χ1) is 14.6. The number of anilines is 1. The molecule has 2 N–H and O–H groups in total. The van der Waals surface area contributed by atoms with Crippen molar-refractivity contribution in [3.63, 3.8) is 0 Å². The molecule has 0 saturated carbocycles. The number of amides is 2. The summed E-state index contributed by atoms with van der Waals surface area (Å²) in [4.78, 5) is 26.0. The Morgan fingerprint density at radius 2 is 1.87 bits per heavy atom. The summed E-state index contributed by atoms with van der Waals surface area (Å²) >= 11 is 0. The highest BCUT2D eigenvalue weighted by Gasteiger charge is 2.45. The molecule has 9 heteroatoms. The van der Waals surface area contributed by atoms with Gasteiger partial charge in [0, 0.05) is 29.9 Å². The van der Waals surface area contributed by atoms with Gasteiger partial charge in [-0.25, -0.2) is 4.39 Å². The first-order valence-corrected chi connectivity index (χ1v) is 9.61. The highest BCUT2D eigenvalue weighted by molar-refractivity contribution is 6.04. The number of aliphatic hydroxyl groups excluding tert-OH is 1. The molecule has 1 aliphatic rings. The van der Waals surface area contributed by atoms with Gasteiger partial charge < -0.3 is 15.3 Å². The Hall–Kier alpha value is -3.38. The van der Waals surface area contributed by atoms with E-state index in [1.807, 2.05) is 0 Å². The van der Waals surface area contributed by atoms with Gasteiger partial charge in [-0.05, 0) is 55.7 Å². The van der Waals surface area contributed by atoms with Crippen molar-refractivity contribution in [1.82, 2.24) is 4.90 Å². The Bertz CT molecular complexity index is 1060. The van der Waals surface area contributed by atoms with Gasteiger partial charge in [0.15, 0.2) is 0 Å². The van der Waals surface area contributed by atoms with Gasteiger partial charge in [-0.2, -0.15) is 14.0 Å². The molecule has 1 fully saturated rings. The molecule has 0 aromatic heterocycles. The van der Waals surface area contributed by atoms with E-state index in [4.69, 9.17) is 5.26 Å². The molecule has 31 heavy (non-hydrogen) atoms. The molecule has 0 aliphatic carbocycles. The van der Waals surface area contributed by atoms with Crippen LogP contribution in [0.5, 0.6) is 0 Å². The number of piperidine rings is 1. The number of carbonyl (C=O) groups is 2. The highest BCUT2D eigenvalue weighted by Crippen LogP contribution is 2.34. The van der Waals surface area contributed by atoms with Gasteiger partial charge in [-0.15, -0.1) is 0 Å². The molecular weight excluding hydrogens is 411 g/mol. The van der Waals surface area contributed by atoms with Crippen LogP contribution in [0.15, 0.2) is 36.4 Å². The zero-order valence-corrected chi connectivity index (χ0v) is 16.7. The van der Waals surface area contributed by atoms with Crippen LogP contribution in [-0.2, 0) is 10.7 Å². The molecular formula is C22H20F3N3O3. The fraction of sp³-hybridized carbons (Fsp3) is 0.318. The highest BCUT2D eigenvalue weighted by atomic mass is 19.3. The molecule has 2 aromatic rings. The lowest BCUT2D eigenvalue weighted by molar-refractivity contribution is -0.161. The largest absolute Gasteiger partial charge is 0.393 e. The van der Waals surface area contributed by atoms with E-state index in [-0.39, 0.29) is 48.3 Å². The van der Waals surface area contributed by atoms with E-state index in [9.17, 15) is 19.1 Å². The van der Waals surface area contributed by atoms with Crippen molar-refractivity contribution in [1.29, 1.82) is 5.26 Å². The van der Waals surface area contributed by atoms with Crippen LogP contribution in [0.25, 0.3) is 0 Å². The predicted molar refractivity (Wildman–Crippen MR) is 106 cm³/mol. The fourth-order valence-corrected chi connectivity index (χ4v) is 3.38. The Balaban J connectivity index is 1.84. The second-order valence-corrected chi connectivity index (χ2v) is 7.39. The van der Waals surface area contributed by atoms with Crippen LogP contribution in [0.4, 0.5) is 18.9 Å². The zero-order valence-electron chi connectivity index (χ0n) is 16.7. The number of aryl methyl sites for hydroxylation is 1. The van der Waals surface area contributed by atoms with E-state index < -0.39 is 35.2 Å². The Morgan fingerprint density at radius 1 is 1.19 bits per heavy atom. The van der Waals surface area contributed by atoms with Crippen LogP contribution in [0.2, 0.25) is 0 Å². The fourth-order valence-electron chi connectivity index (χ4n) is 3.38. The summed E-state index contributed by atoms with van der Waals surface area (Å²) in [5.74, 6) is -6.73. The molecule has 0 radical (unpaired) electrons. The standard InChI is InChI=1S/C22H20F3N3O3/c1-13-2-3-14(20(30)27-16-4-5-19(23)15(10-16)12-26)11-18(13)22(24,25)21(31)28-8-6-17(29)7-9-28/h2-5,10-11,17,29H,6-9H2,1H3,(H,27,30). The van der Waals surface area contributed by atoms with Crippen molar-refractivity contribution < 1.29 is 27.9 Å². The second-order valence-electron chi connectivity index (χ2n) is 7.39. The van der Waals surface area contributed by atoms with E-state index in [2.05, 4.69) is 5.32 Å². The zero-order chi connectivity index (χ0) is 22.8. The van der Waals surface area contributed by atoms with Crippen LogP contribution < -0.4 is 5.32 Å². The normalized spacial score (nSPS) is 14.8. The molecule has 1 heterocycles. The molecule has 0 unspecified atom stereocenters. The average molecular weight is 431 g/mol. The molecule has 0 bridgehead atoms. The predicted octanol–water partition coefficient (Wildman–Crippen LogP) is 3.33. The summed E-state index contributed by atoms with van der Waals surface area (Å²) in [6.07, 6.45) is -0.156. The first-order valence-electron chi connectivity index (χ1n) is 9.61. The van der Waals surface area contributed by atoms with Crippen molar-refractivity contribution >= 4 is 17.5 Å². The van der Waals surface area contributed by atoms with E-state index in [1.165, 1.54) is 25.1 Å². The SMILES string of the molecule is Cc1ccc(C(=O)Nc2ccc(F)c(C#N)c2)cc1C(F)(F)C(=O)N1CCC(O)CC1. The van der Waals surface area contributed by atoms with Gasteiger partial charge >= 0.3 is 5.92 Å². The number of nitrogens with one attached hydrogen (secondary N) is 1. The van der Waals surface area contributed by atoms with Crippen LogP contribution in [-0.4, -0.2) is 41.0 Å². The van der Waals surface area contributed by atoms with Crippen molar-refractivity contribution in [2.24, 2.45) is 0 Å². The molecule has 1 aliphatic heterocycles. The molecule has 0 spiro atoms. The van der Waals surface area contributed by atoms with E-state index in [1.54, 1.807) is 6.07 Å². The van der Waals surface area contributed by atoms with E-state index in [0.29, 0.717) is 0 Å². The average Bonchev–Trinajstić information content (AvgIpc) is 2.75. The quantitative estimate of drug-likeness (QED) is 0.777. The maximum atomic E-state index is 15.0. The lowest BCUT2D eigenvalue weighted by atomic mass is 9.97. The van der Waals surface area contributed by atoms with Crippen LogP contribution in [0.3, 0.4) is 0 Å². The van der Waals surface area contributed by atoms with Crippen molar-refractivity contribution in [3.8, 4) is 6.07 Å². The van der Waals surface area contributed by atoms with Gasteiger partial charge in [0.1, 0.15) is 11.9 Å². The number of carbonyl (C=O) groups excluding carboxylic acids is 2. The Labute approximate surface area is 176 Å². The second kappa shape index (κ2) is 8.78. The van der Waals surface area contributed by atoms with Crippen molar-refractivity contribution in [2.45, 2.75) is 31.8 Å². The van der Waals surface area contributed by atoms with E-state index >= 15 is 8.78 Å². The smallest absolute Gasteiger partial charge is 0.350 e. The van der Waals surface area contributed by atoms with Crippen LogP contribution in [0, 0.1) is 24.1 Å². The minimum Gasteiger partial charge on any atom is -0.393 e. The summed E-state index contributed by atoms with van der Waals surface area (Å²) < 4.78 is 43.5. The number of nitriles is 1. The number of hydrogen-bond acceptors (Lipinski definition) is 4. The number of halogens is 3. The third-order valence-electron chi connectivity index (χ3n) is 5.20. The number of nitrogens with zero attached hydrogens (tertiary/aromatic N) is 2. The minimum absolute atomic E-state index is 0.0284. The number of aliphatic hydroxyl groups is 1. The molecule has 3 rings (SSSR count). The van der Waals surface area contributed by atoms with Crippen LogP contribution in [0.1, 0.15) is 39.9 Å². The lowest BCUT2D eigenvalue weighted by Crippen LogP contribution is -2.47. The maximum absolute atomic E-state index is 15.0. The maximum Gasteiger partial charge on any atom is 0.350 e. The molecule has 1 saturated heterocycles. The summed E-state index contributed by atoms with van der Waals surface area (Å²) in [6.45, 7) is 1.47. The first kappa shape index (κ1) is 22.3. The van der Waals surface area contributed by atoms with Gasteiger partial charge in [0.2, 0.25) is 0 Å². The minimum atomic E-state index is -3.85. The summed E-state index contributed by atoms with van der Waals surface area (Å²) in [5, 5.41) is 20.9. The lowest BCUT2D eigenvalue weighted by Gasteiger charge is -2.32. The van der Waals surface area contributed by atoms with Gasteiger partial charge in [0.05, 0.1) is 11.7 Å². The Kier molecular flexibility index (Phi) is 6.32. The number of hydrogen-bond donors (Lipinski definition) is 2. The number of alkyl halides is 2. The van der Waals surface area contributed by atoms with Crippen LogP contribution >= 0.6 is 0 Å². The third-order valence-corrected chi connectivity index (χ3v) is 5.20.